The summed E-state index contributed by atoms with van der Waals surface area (Å²) < 4.78 is 1.99. The lowest BCUT2D eigenvalue weighted by molar-refractivity contribution is 0.145. The molecule has 0 unspecified atom stereocenters. The predicted octanol–water partition coefficient (Wildman–Crippen LogP) is 2.64. The number of para-hydroxylation sites is 2. The maximum atomic E-state index is 9.67. The van der Waals surface area contributed by atoms with Crippen molar-refractivity contribution in [2.45, 2.75) is 18.9 Å². The third-order valence-electron chi connectivity index (χ3n) is 4.48. The number of aryl methyl sites for hydroxylation is 1. The maximum absolute atomic E-state index is 9.67. The number of nitrogens with zero attached hydrogens (tertiary/aromatic N) is 5. The number of aliphatic hydroxyl groups excluding tert-OH is 1. The molecule has 0 radical (unpaired) electrons. The molecular formula is C17H18ClN5O. The Morgan fingerprint density at radius 1 is 1.17 bits per heavy atom. The number of piperidine rings is 1. The van der Waals surface area contributed by atoms with Gasteiger partial charge in [0, 0.05) is 20.1 Å². The molecular weight excluding hydrogens is 326 g/mol. The van der Waals surface area contributed by atoms with Crippen LogP contribution in [0.25, 0.3) is 22.6 Å². The zero-order chi connectivity index (χ0) is 16.7. The predicted molar refractivity (Wildman–Crippen MR) is 94.2 cm³/mol. The van der Waals surface area contributed by atoms with Crippen molar-refractivity contribution in [2.75, 3.05) is 18.0 Å². The van der Waals surface area contributed by atoms with Crippen LogP contribution in [0, 0.1) is 0 Å². The number of benzene rings is 1. The number of halogens is 1. The van der Waals surface area contributed by atoms with Gasteiger partial charge in [-0.1, -0.05) is 23.7 Å². The van der Waals surface area contributed by atoms with Gasteiger partial charge in [-0.15, -0.1) is 0 Å². The Balaban J connectivity index is 1.77. The summed E-state index contributed by atoms with van der Waals surface area (Å²) in [7, 11) is 1.96. The summed E-state index contributed by atoms with van der Waals surface area (Å²) in [6.45, 7) is 1.48. The average Bonchev–Trinajstić information content (AvgIpc) is 2.93. The highest BCUT2D eigenvalue weighted by atomic mass is 35.5. The number of fused-ring (bicyclic) bond motifs is 1. The van der Waals surface area contributed by atoms with Crippen LogP contribution in [0.4, 0.5) is 5.95 Å². The Kier molecular flexibility index (Phi) is 3.86. The van der Waals surface area contributed by atoms with Gasteiger partial charge in [-0.25, -0.2) is 15.0 Å². The van der Waals surface area contributed by atoms with E-state index in [1.165, 1.54) is 0 Å². The Bertz CT molecular complexity index is 886. The molecule has 4 rings (SSSR count). The van der Waals surface area contributed by atoms with Crippen LogP contribution in [-0.2, 0) is 7.05 Å². The van der Waals surface area contributed by atoms with Gasteiger partial charge in [-0.3, -0.25) is 0 Å². The average molecular weight is 344 g/mol. The van der Waals surface area contributed by atoms with Crippen LogP contribution < -0.4 is 4.90 Å². The van der Waals surface area contributed by atoms with Gasteiger partial charge in [-0.05, 0) is 25.0 Å². The number of hydrogen-bond acceptors (Lipinski definition) is 5. The van der Waals surface area contributed by atoms with E-state index in [1.807, 2.05) is 35.9 Å². The zero-order valence-corrected chi connectivity index (χ0v) is 14.1. The van der Waals surface area contributed by atoms with Crippen molar-refractivity contribution in [3.63, 3.8) is 0 Å². The van der Waals surface area contributed by atoms with Gasteiger partial charge in [-0.2, -0.15) is 0 Å². The molecule has 1 saturated heterocycles. The third-order valence-corrected chi connectivity index (χ3v) is 4.75. The summed E-state index contributed by atoms with van der Waals surface area (Å²) >= 11 is 6.36. The van der Waals surface area contributed by atoms with E-state index < -0.39 is 0 Å². The van der Waals surface area contributed by atoms with Crippen LogP contribution in [0.1, 0.15) is 12.8 Å². The highest BCUT2D eigenvalue weighted by Crippen LogP contribution is 2.29. The summed E-state index contributed by atoms with van der Waals surface area (Å²) in [6, 6.07) is 7.94. The molecule has 1 N–H and O–H groups in total. The highest BCUT2D eigenvalue weighted by molar-refractivity contribution is 6.32. The summed E-state index contributed by atoms with van der Waals surface area (Å²) in [5.74, 6) is 1.36. The van der Waals surface area contributed by atoms with Gasteiger partial charge in [0.1, 0.15) is 5.69 Å². The first-order valence-electron chi connectivity index (χ1n) is 8.01. The van der Waals surface area contributed by atoms with E-state index in [-0.39, 0.29) is 6.10 Å². The largest absolute Gasteiger partial charge is 0.393 e. The monoisotopic (exact) mass is 343 g/mol. The van der Waals surface area contributed by atoms with Crippen molar-refractivity contribution in [3.8, 4) is 11.5 Å². The Labute approximate surface area is 144 Å². The van der Waals surface area contributed by atoms with Crippen LogP contribution in [0.3, 0.4) is 0 Å². The highest BCUT2D eigenvalue weighted by Gasteiger charge is 2.21. The molecule has 0 amide bonds. The minimum Gasteiger partial charge on any atom is -0.393 e. The molecule has 1 fully saturated rings. The molecule has 0 bridgehead atoms. The lowest BCUT2D eigenvalue weighted by Gasteiger charge is -2.29. The van der Waals surface area contributed by atoms with Crippen molar-refractivity contribution >= 4 is 28.6 Å². The molecule has 1 aliphatic heterocycles. The quantitative estimate of drug-likeness (QED) is 0.774. The van der Waals surface area contributed by atoms with Crippen molar-refractivity contribution in [1.82, 2.24) is 19.5 Å². The van der Waals surface area contributed by atoms with Crippen LogP contribution in [0.15, 0.2) is 30.5 Å². The molecule has 1 aliphatic rings. The van der Waals surface area contributed by atoms with Gasteiger partial charge < -0.3 is 14.6 Å². The first-order valence-corrected chi connectivity index (χ1v) is 8.38. The second kappa shape index (κ2) is 6.03. The van der Waals surface area contributed by atoms with Crippen molar-refractivity contribution in [3.05, 3.63) is 35.5 Å². The standard InChI is InChI=1S/C17H18ClN5O/c1-22-14-5-3-2-4-13(14)20-16(22)15-12(18)10-19-17(21-15)23-8-6-11(24)7-9-23/h2-5,10-11,24H,6-9H2,1H3. The molecule has 24 heavy (non-hydrogen) atoms. The number of imidazole rings is 1. The molecule has 0 spiro atoms. The molecule has 3 heterocycles. The minimum atomic E-state index is -0.229. The molecule has 7 heteroatoms. The summed E-state index contributed by atoms with van der Waals surface area (Å²) in [6.07, 6.45) is 2.86. The van der Waals surface area contributed by atoms with Crippen LogP contribution in [0.5, 0.6) is 0 Å². The van der Waals surface area contributed by atoms with E-state index in [0.717, 1.165) is 42.8 Å². The van der Waals surface area contributed by atoms with Crippen LogP contribution in [0.2, 0.25) is 5.02 Å². The topological polar surface area (TPSA) is 67.1 Å². The van der Waals surface area contributed by atoms with E-state index in [4.69, 9.17) is 11.6 Å². The Morgan fingerprint density at radius 3 is 2.67 bits per heavy atom. The normalized spacial score (nSPS) is 16.0. The SMILES string of the molecule is Cn1c(-c2nc(N3CCC(O)CC3)ncc2Cl)nc2ccccc21. The molecule has 0 aliphatic carbocycles. The van der Waals surface area contributed by atoms with E-state index in [9.17, 15) is 5.11 Å². The van der Waals surface area contributed by atoms with Gasteiger partial charge in [0.15, 0.2) is 5.82 Å². The summed E-state index contributed by atoms with van der Waals surface area (Å²) in [4.78, 5) is 15.8. The van der Waals surface area contributed by atoms with Crippen molar-refractivity contribution < 1.29 is 5.11 Å². The molecule has 0 saturated carbocycles. The molecule has 2 aromatic heterocycles. The third kappa shape index (κ3) is 2.61. The minimum absolute atomic E-state index is 0.229. The van der Waals surface area contributed by atoms with Gasteiger partial charge in [0.25, 0.3) is 0 Å². The summed E-state index contributed by atoms with van der Waals surface area (Å²) in [5.41, 5.74) is 2.57. The first kappa shape index (κ1) is 15.4. The van der Waals surface area contributed by atoms with Crippen LogP contribution >= 0.6 is 11.6 Å². The molecule has 0 atom stereocenters. The first-order chi connectivity index (χ1) is 11.6. The lowest BCUT2D eigenvalue weighted by Crippen LogP contribution is -2.36. The Hall–Kier alpha value is -2.18. The lowest BCUT2D eigenvalue weighted by atomic mass is 10.1. The number of aliphatic hydroxyl groups is 1. The number of anilines is 1. The fourth-order valence-corrected chi connectivity index (χ4v) is 3.27. The van der Waals surface area contributed by atoms with E-state index in [2.05, 4.69) is 19.9 Å². The second-order valence-corrected chi connectivity index (χ2v) is 6.48. The van der Waals surface area contributed by atoms with Gasteiger partial charge >= 0.3 is 0 Å². The van der Waals surface area contributed by atoms with E-state index in [0.29, 0.717) is 16.7 Å². The van der Waals surface area contributed by atoms with E-state index >= 15 is 0 Å². The van der Waals surface area contributed by atoms with Gasteiger partial charge in [0.05, 0.1) is 28.4 Å². The zero-order valence-electron chi connectivity index (χ0n) is 13.4. The fourth-order valence-electron chi connectivity index (χ4n) is 3.09. The van der Waals surface area contributed by atoms with Crippen molar-refractivity contribution in [2.24, 2.45) is 7.05 Å². The van der Waals surface area contributed by atoms with Gasteiger partial charge in [0.2, 0.25) is 5.95 Å². The number of rotatable bonds is 2. The molecule has 3 aromatic rings. The summed E-state index contributed by atoms with van der Waals surface area (Å²) in [5, 5.41) is 10.1. The number of hydrogen-bond donors (Lipinski definition) is 1. The molecule has 6 nitrogen and oxygen atoms in total. The number of aromatic nitrogens is 4. The van der Waals surface area contributed by atoms with E-state index in [1.54, 1.807) is 6.20 Å². The smallest absolute Gasteiger partial charge is 0.226 e. The molecule has 124 valence electrons. The fraction of sp³-hybridized carbons (Fsp3) is 0.353. The molecule has 1 aromatic carbocycles. The van der Waals surface area contributed by atoms with Crippen molar-refractivity contribution in [1.29, 1.82) is 0 Å². The Morgan fingerprint density at radius 2 is 1.92 bits per heavy atom. The second-order valence-electron chi connectivity index (χ2n) is 6.07. The maximum Gasteiger partial charge on any atom is 0.226 e. The van der Waals surface area contributed by atoms with Crippen LogP contribution in [-0.4, -0.2) is 43.8 Å².